The van der Waals surface area contributed by atoms with Crippen LogP contribution in [-0.4, -0.2) is 95.0 Å². The number of amides is 3. The van der Waals surface area contributed by atoms with Crippen molar-refractivity contribution in [3.8, 4) is 0 Å². The van der Waals surface area contributed by atoms with Gasteiger partial charge in [0.05, 0.1) is 11.5 Å². The van der Waals surface area contributed by atoms with Gasteiger partial charge in [-0.05, 0) is 97.8 Å². The van der Waals surface area contributed by atoms with E-state index in [0.29, 0.717) is 46.9 Å². The van der Waals surface area contributed by atoms with Gasteiger partial charge < -0.3 is 25.1 Å². The molecule has 3 aromatic carbocycles. The maximum absolute atomic E-state index is 14.7. The van der Waals surface area contributed by atoms with Crippen molar-refractivity contribution < 1.29 is 19.5 Å². The highest BCUT2D eigenvalue weighted by Gasteiger charge is 2.47. The average Bonchev–Trinajstić information content (AvgIpc) is 3.78. The van der Waals surface area contributed by atoms with Gasteiger partial charge >= 0.3 is 0 Å². The molecule has 0 spiro atoms. The van der Waals surface area contributed by atoms with Gasteiger partial charge in [-0.25, -0.2) is 0 Å². The Balaban J connectivity index is 1.27. The lowest BCUT2D eigenvalue weighted by atomic mass is 9.67. The van der Waals surface area contributed by atoms with Crippen molar-refractivity contribution in [2.24, 2.45) is 5.92 Å². The predicted octanol–water partition coefficient (Wildman–Crippen LogP) is 6.17. The zero-order valence-electron chi connectivity index (χ0n) is 28.4. The highest BCUT2D eigenvalue weighted by Crippen LogP contribution is 2.44. The van der Waals surface area contributed by atoms with Gasteiger partial charge in [-0.1, -0.05) is 78.1 Å². The van der Waals surface area contributed by atoms with Crippen LogP contribution in [0.25, 0.3) is 0 Å². The largest absolute Gasteiger partial charge is 0.391 e. The Morgan fingerprint density at radius 3 is 1.84 bits per heavy atom. The second kappa shape index (κ2) is 16.0. The summed E-state index contributed by atoms with van der Waals surface area (Å²) in [5.41, 5.74) is 1.44. The summed E-state index contributed by atoms with van der Waals surface area (Å²) in [6.45, 7) is 6.25. The van der Waals surface area contributed by atoms with Gasteiger partial charge in [-0.2, -0.15) is 0 Å². The van der Waals surface area contributed by atoms with Crippen LogP contribution in [0, 0.1) is 5.92 Å². The van der Waals surface area contributed by atoms with Gasteiger partial charge in [0.15, 0.2) is 0 Å². The van der Waals surface area contributed by atoms with Crippen molar-refractivity contribution in [1.82, 2.24) is 20.0 Å². The SMILES string of the molecule is CCN1CCC[C@H](CNC(=O)[C@H]2CCCN2C(=O)[C@@H]2C[C@@H](O)CN2C(=O)CC(c2ccc(Cl)cc2)(c2ccc(Cl)cc2)c2ccc(Cl)cc2)C1. The molecular weight excluding hydrogens is 695 g/mol. The van der Waals surface area contributed by atoms with Gasteiger partial charge in [0, 0.05) is 54.1 Å². The molecule has 3 aromatic rings. The fraction of sp³-hybridized carbons (Fsp3) is 0.462. The second-order valence-electron chi connectivity index (χ2n) is 13.9. The molecule has 3 aliphatic heterocycles. The Labute approximate surface area is 309 Å². The number of piperidine rings is 1. The lowest BCUT2D eigenvalue weighted by Crippen LogP contribution is -2.54. The summed E-state index contributed by atoms with van der Waals surface area (Å²) in [6.07, 6.45) is 2.66. The number of carbonyl (C=O) groups is 3. The first-order valence-corrected chi connectivity index (χ1v) is 18.8. The Morgan fingerprint density at radius 1 is 0.760 bits per heavy atom. The molecule has 0 bridgehead atoms. The predicted molar refractivity (Wildman–Crippen MR) is 198 cm³/mol. The minimum atomic E-state index is -1.01. The molecule has 0 aliphatic carbocycles. The van der Waals surface area contributed by atoms with E-state index in [1.165, 1.54) is 4.90 Å². The maximum Gasteiger partial charge on any atom is 0.246 e. The van der Waals surface area contributed by atoms with E-state index in [4.69, 9.17) is 34.8 Å². The molecule has 3 fully saturated rings. The number of β-amino-alcohol motifs (C(OH)–C–C–N with tert-alkyl or cyclic N) is 1. The molecule has 8 nitrogen and oxygen atoms in total. The number of aliphatic hydroxyl groups is 1. The van der Waals surface area contributed by atoms with E-state index in [1.807, 2.05) is 36.4 Å². The van der Waals surface area contributed by atoms with Gasteiger partial charge in [0.1, 0.15) is 12.1 Å². The minimum Gasteiger partial charge on any atom is -0.391 e. The molecule has 2 N–H and O–H groups in total. The number of hydrogen-bond donors (Lipinski definition) is 2. The molecular formula is C39H45Cl3N4O4. The first-order valence-electron chi connectivity index (χ1n) is 17.6. The summed E-state index contributed by atoms with van der Waals surface area (Å²) in [5.74, 6) is -0.346. The Kier molecular flexibility index (Phi) is 11.8. The third-order valence-electron chi connectivity index (χ3n) is 10.8. The van der Waals surface area contributed by atoms with E-state index >= 15 is 0 Å². The summed E-state index contributed by atoms with van der Waals surface area (Å²) in [4.78, 5) is 48.0. The summed E-state index contributed by atoms with van der Waals surface area (Å²) in [6, 6.07) is 20.7. The summed E-state index contributed by atoms with van der Waals surface area (Å²) >= 11 is 19.0. The Bertz CT molecular complexity index is 1540. The topological polar surface area (TPSA) is 93.2 Å². The average molecular weight is 740 g/mol. The number of nitrogens with one attached hydrogen (secondary N) is 1. The molecule has 4 atom stereocenters. The number of hydrogen-bond acceptors (Lipinski definition) is 5. The van der Waals surface area contributed by atoms with Crippen LogP contribution in [0.15, 0.2) is 72.8 Å². The third kappa shape index (κ3) is 7.85. The number of nitrogens with zero attached hydrogens (tertiary/aromatic N) is 3. The van der Waals surface area contributed by atoms with Crippen LogP contribution in [0.5, 0.6) is 0 Å². The van der Waals surface area contributed by atoms with Crippen LogP contribution in [-0.2, 0) is 19.8 Å². The standard InChI is InChI=1S/C39H45Cl3N4O4/c1-2-44-19-3-5-26(24-44)23-43-37(49)34-6-4-20-45(34)38(50)35-21-33(47)25-46(35)36(48)22-39(27-7-13-30(40)14-8-27,28-9-15-31(41)16-10-28)29-11-17-32(42)18-12-29/h7-18,26,33-35,47H,2-6,19-25H2,1H3,(H,43,49)/t26-,33-,34-,35+/m1/s1. The fourth-order valence-electron chi connectivity index (χ4n) is 8.12. The Morgan fingerprint density at radius 2 is 1.30 bits per heavy atom. The molecule has 3 saturated heterocycles. The van der Waals surface area contributed by atoms with Crippen LogP contribution >= 0.6 is 34.8 Å². The molecule has 3 heterocycles. The highest BCUT2D eigenvalue weighted by molar-refractivity contribution is 6.31. The molecule has 0 aromatic heterocycles. The Hall–Kier alpha value is -3.14. The lowest BCUT2D eigenvalue weighted by Gasteiger charge is -2.38. The quantitative estimate of drug-likeness (QED) is 0.243. The van der Waals surface area contributed by atoms with E-state index in [2.05, 4.69) is 17.1 Å². The van der Waals surface area contributed by atoms with Gasteiger partial charge in [-0.15, -0.1) is 0 Å². The number of aliphatic hydroxyl groups excluding tert-OH is 1. The van der Waals surface area contributed by atoms with Crippen molar-refractivity contribution in [2.45, 2.75) is 69.1 Å². The lowest BCUT2D eigenvalue weighted by molar-refractivity contribution is -0.146. The molecule has 0 saturated carbocycles. The van der Waals surface area contributed by atoms with Crippen molar-refractivity contribution >= 4 is 52.5 Å². The van der Waals surface area contributed by atoms with Crippen LogP contribution in [0.3, 0.4) is 0 Å². The number of halogens is 3. The van der Waals surface area contributed by atoms with E-state index < -0.39 is 23.6 Å². The molecule has 50 heavy (non-hydrogen) atoms. The monoisotopic (exact) mass is 738 g/mol. The van der Waals surface area contributed by atoms with E-state index in [9.17, 15) is 19.5 Å². The van der Waals surface area contributed by atoms with Crippen molar-refractivity contribution in [3.05, 3.63) is 105 Å². The number of likely N-dealkylation sites (tertiary alicyclic amines) is 3. The fourth-order valence-corrected chi connectivity index (χ4v) is 8.50. The van der Waals surface area contributed by atoms with Crippen LogP contribution < -0.4 is 5.32 Å². The molecule has 0 unspecified atom stereocenters. The smallest absolute Gasteiger partial charge is 0.246 e. The third-order valence-corrected chi connectivity index (χ3v) is 11.5. The van der Waals surface area contributed by atoms with Gasteiger partial charge in [0.2, 0.25) is 17.7 Å². The van der Waals surface area contributed by atoms with Crippen molar-refractivity contribution in [2.75, 3.05) is 39.3 Å². The molecule has 0 radical (unpaired) electrons. The normalized spacial score (nSPS) is 22.9. The van der Waals surface area contributed by atoms with Crippen molar-refractivity contribution in [1.29, 1.82) is 0 Å². The molecule has 266 valence electrons. The van der Waals surface area contributed by atoms with E-state index in [-0.39, 0.29) is 37.1 Å². The molecule has 3 amide bonds. The first kappa shape index (κ1) is 36.6. The number of benzene rings is 3. The number of carbonyl (C=O) groups excluding carboxylic acids is 3. The van der Waals surface area contributed by atoms with Crippen molar-refractivity contribution in [3.63, 3.8) is 0 Å². The zero-order chi connectivity index (χ0) is 35.4. The van der Waals surface area contributed by atoms with Crippen LogP contribution in [0.2, 0.25) is 15.1 Å². The molecule has 6 rings (SSSR count). The molecule has 3 aliphatic rings. The highest BCUT2D eigenvalue weighted by atomic mass is 35.5. The second-order valence-corrected chi connectivity index (χ2v) is 15.2. The van der Waals surface area contributed by atoms with Crippen LogP contribution in [0.1, 0.15) is 62.1 Å². The molecule has 11 heteroatoms. The summed E-state index contributed by atoms with van der Waals surface area (Å²) in [7, 11) is 0. The first-order chi connectivity index (χ1) is 24.1. The van der Waals surface area contributed by atoms with E-state index in [1.54, 1.807) is 41.3 Å². The van der Waals surface area contributed by atoms with E-state index in [0.717, 1.165) is 49.2 Å². The minimum absolute atomic E-state index is 0.0213. The summed E-state index contributed by atoms with van der Waals surface area (Å²) in [5, 5.41) is 15.7. The van der Waals surface area contributed by atoms with Gasteiger partial charge in [0.25, 0.3) is 0 Å². The zero-order valence-corrected chi connectivity index (χ0v) is 30.6. The van der Waals surface area contributed by atoms with Gasteiger partial charge in [-0.3, -0.25) is 14.4 Å². The summed E-state index contributed by atoms with van der Waals surface area (Å²) < 4.78 is 0. The number of rotatable bonds is 10. The van der Waals surface area contributed by atoms with Crippen LogP contribution in [0.4, 0.5) is 0 Å². The maximum atomic E-state index is 14.7.